The van der Waals surface area contributed by atoms with E-state index in [1.54, 1.807) is 14.2 Å². The molecule has 0 spiro atoms. The van der Waals surface area contributed by atoms with Crippen molar-refractivity contribution in [2.45, 2.75) is 0 Å². The third-order valence-corrected chi connectivity index (χ3v) is 9.25. The number of hydrogen-bond acceptors (Lipinski definition) is 4. The molecule has 0 aliphatic carbocycles. The molecule has 0 unspecified atom stereocenters. The molecule has 48 heavy (non-hydrogen) atoms. The van der Waals surface area contributed by atoms with Gasteiger partial charge in [-0.05, 0) is 67.4 Å². The quantitative estimate of drug-likeness (QED) is 0.166. The summed E-state index contributed by atoms with van der Waals surface area (Å²) < 4.78 is 11.9. The third-order valence-electron chi connectivity index (χ3n) is 9.25. The van der Waals surface area contributed by atoms with Gasteiger partial charge in [0.05, 0.1) is 14.2 Å². The molecule has 0 aliphatic heterocycles. The van der Waals surface area contributed by atoms with Gasteiger partial charge in [0.2, 0.25) is 0 Å². The maximum absolute atomic E-state index is 13.8. The average Bonchev–Trinajstić information content (AvgIpc) is 3.15. The van der Waals surface area contributed by atoms with Crippen molar-refractivity contribution in [3.05, 3.63) is 168 Å². The van der Waals surface area contributed by atoms with E-state index in [0.29, 0.717) is 33.8 Å². The molecule has 4 nitrogen and oxygen atoms in total. The predicted molar refractivity (Wildman–Crippen MR) is 195 cm³/mol. The lowest BCUT2D eigenvalue weighted by atomic mass is 9.89. The molecule has 4 heteroatoms. The van der Waals surface area contributed by atoms with Gasteiger partial charge in [0.15, 0.2) is 11.6 Å². The lowest BCUT2D eigenvalue weighted by molar-refractivity contribution is 0.103. The van der Waals surface area contributed by atoms with Crippen molar-refractivity contribution in [3.63, 3.8) is 0 Å². The molecule has 0 bridgehead atoms. The van der Waals surface area contributed by atoms with Crippen molar-refractivity contribution in [3.8, 4) is 22.6 Å². The first-order chi connectivity index (χ1) is 23.6. The van der Waals surface area contributed by atoms with Gasteiger partial charge < -0.3 is 9.47 Å². The summed E-state index contributed by atoms with van der Waals surface area (Å²) >= 11 is 0. The van der Waals surface area contributed by atoms with Crippen molar-refractivity contribution < 1.29 is 19.1 Å². The smallest absolute Gasteiger partial charge is 0.193 e. The second-order valence-corrected chi connectivity index (χ2v) is 11.9. The van der Waals surface area contributed by atoms with E-state index in [2.05, 4.69) is 0 Å². The van der Waals surface area contributed by atoms with Crippen LogP contribution in [0, 0.1) is 0 Å². The zero-order valence-electron chi connectivity index (χ0n) is 26.5. The van der Waals surface area contributed by atoms with Gasteiger partial charge in [0.25, 0.3) is 0 Å². The summed E-state index contributed by atoms with van der Waals surface area (Å²) in [4.78, 5) is 27.7. The number of carbonyl (C=O) groups excluding carboxylic acids is 2. The molecule has 0 atom stereocenters. The van der Waals surface area contributed by atoms with Crippen molar-refractivity contribution in [1.82, 2.24) is 0 Å². The molecular formula is C44H30O4. The molecule has 8 aromatic carbocycles. The van der Waals surface area contributed by atoms with E-state index in [0.717, 1.165) is 54.2 Å². The van der Waals surface area contributed by atoms with Gasteiger partial charge in [0.1, 0.15) is 11.5 Å². The third kappa shape index (κ3) is 4.78. The predicted octanol–water partition coefficient (Wildman–Crippen LogP) is 10.4. The first kappa shape index (κ1) is 29.2. The molecule has 8 aromatic rings. The lowest BCUT2D eigenvalue weighted by Crippen LogP contribution is -2.03. The normalized spacial score (nSPS) is 11.3. The number of methoxy groups -OCH3 is 2. The minimum Gasteiger partial charge on any atom is -0.496 e. The van der Waals surface area contributed by atoms with Crippen LogP contribution in [0.1, 0.15) is 31.8 Å². The lowest BCUT2D eigenvalue weighted by Gasteiger charge is -2.18. The molecule has 0 heterocycles. The van der Waals surface area contributed by atoms with Crippen LogP contribution in [0.3, 0.4) is 0 Å². The monoisotopic (exact) mass is 622 g/mol. The summed E-state index contributed by atoms with van der Waals surface area (Å²) in [5.74, 6) is 1.30. The van der Waals surface area contributed by atoms with Crippen molar-refractivity contribution in [1.29, 1.82) is 0 Å². The van der Waals surface area contributed by atoms with Crippen molar-refractivity contribution >= 4 is 54.7 Å². The highest BCUT2D eigenvalue weighted by molar-refractivity contribution is 6.20. The van der Waals surface area contributed by atoms with E-state index in [4.69, 9.17) is 9.47 Å². The Morgan fingerprint density at radius 2 is 0.812 bits per heavy atom. The van der Waals surface area contributed by atoms with Crippen LogP contribution in [0.4, 0.5) is 0 Å². The van der Waals surface area contributed by atoms with Gasteiger partial charge in [-0.25, -0.2) is 0 Å². The standard InChI is InChI=1S/C44H30O4/c1-47-39-23-19-29-25-31(43(45)37-15-7-11-27-9-3-5-13-33(27)37)17-21-35(29)41(39)42-36-22-18-32(26-30(36)20-24-40(42)48-2)44(46)38-16-8-12-28-10-4-6-14-34(28)38/h3-26H,1-2H3. The molecule has 0 fully saturated rings. The summed E-state index contributed by atoms with van der Waals surface area (Å²) in [5, 5.41) is 7.56. The largest absolute Gasteiger partial charge is 0.496 e. The van der Waals surface area contributed by atoms with E-state index in [1.165, 1.54) is 0 Å². The minimum atomic E-state index is -0.0304. The van der Waals surface area contributed by atoms with Crippen molar-refractivity contribution in [2.75, 3.05) is 14.2 Å². The zero-order valence-corrected chi connectivity index (χ0v) is 26.5. The highest BCUT2D eigenvalue weighted by Crippen LogP contribution is 2.46. The fraction of sp³-hybridized carbons (Fsp3) is 0.0455. The van der Waals surface area contributed by atoms with E-state index in [9.17, 15) is 9.59 Å². The van der Waals surface area contributed by atoms with Crippen LogP contribution in [0.5, 0.6) is 11.5 Å². The summed E-state index contributed by atoms with van der Waals surface area (Å²) in [5.41, 5.74) is 4.27. The molecule has 0 radical (unpaired) electrons. The zero-order chi connectivity index (χ0) is 32.8. The van der Waals surface area contributed by atoms with Crippen LogP contribution >= 0.6 is 0 Å². The molecule has 0 saturated carbocycles. The fourth-order valence-corrected chi connectivity index (χ4v) is 6.92. The van der Waals surface area contributed by atoms with Gasteiger partial charge in [-0.1, -0.05) is 121 Å². The van der Waals surface area contributed by atoms with Crippen LogP contribution < -0.4 is 9.47 Å². The van der Waals surface area contributed by atoms with Gasteiger partial charge in [0, 0.05) is 33.4 Å². The highest BCUT2D eigenvalue weighted by atomic mass is 16.5. The summed E-state index contributed by atoms with van der Waals surface area (Å²) in [7, 11) is 3.31. The summed E-state index contributed by atoms with van der Waals surface area (Å²) in [6.45, 7) is 0. The van der Waals surface area contributed by atoms with Gasteiger partial charge in [-0.2, -0.15) is 0 Å². The molecular weight excluding hydrogens is 592 g/mol. The Hall–Kier alpha value is -6.26. The van der Waals surface area contributed by atoms with Crippen LogP contribution in [-0.4, -0.2) is 25.8 Å². The minimum absolute atomic E-state index is 0.0304. The van der Waals surface area contributed by atoms with E-state index in [-0.39, 0.29) is 11.6 Å². The Labute approximate surface area is 277 Å². The molecule has 230 valence electrons. The molecule has 0 saturated heterocycles. The number of fused-ring (bicyclic) bond motifs is 4. The van der Waals surface area contributed by atoms with Crippen molar-refractivity contribution in [2.24, 2.45) is 0 Å². The molecule has 0 aromatic heterocycles. The first-order valence-corrected chi connectivity index (χ1v) is 15.8. The van der Waals surface area contributed by atoms with Gasteiger partial charge in [-0.15, -0.1) is 0 Å². The van der Waals surface area contributed by atoms with E-state index >= 15 is 0 Å². The molecule has 8 rings (SSSR count). The molecule has 0 amide bonds. The summed E-state index contributed by atoms with van der Waals surface area (Å²) in [6, 6.07) is 47.0. The second-order valence-electron chi connectivity index (χ2n) is 11.9. The Kier molecular flexibility index (Phi) is 7.19. The maximum atomic E-state index is 13.8. The number of rotatable bonds is 7. The topological polar surface area (TPSA) is 52.6 Å². The van der Waals surface area contributed by atoms with Crippen LogP contribution in [-0.2, 0) is 0 Å². The van der Waals surface area contributed by atoms with E-state index in [1.807, 2.05) is 146 Å². The fourth-order valence-electron chi connectivity index (χ4n) is 6.92. The van der Waals surface area contributed by atoms with Gasteiger partial charge >= 0.3 is 0 Å². The number of benzene rings is 8. The van der Waals surface area contributed by atoms with E-state index < -0.39 is 0 Å². The van der Waals surface area contributed by atoms with Gasteiger partial charge in [-0.3, -0.25) is 9.59 Å². The van der Waals surface area contributed by atoms with Crippen LogP contribution in [0.25, 0.3) is 54.2 Å². The first-order valence-electron chi connectivity index (χ1n) is 15.8. The number of ether oxygens (including phenoxy) is 2. The Bertz CT molecular complexity index is 2390. The number of hydrogen-bond donors (Lipinski definition) is 0. The number of ketones is 2. The van der Waals surface area contributed by atoms with Crippen LogP contribution in [0.15, 0.2) is 146 Å². The Balaban J connectivity index is 1.27. The maximum Gasteiger partial charge on any atom is 0.193 e. The highest BCUT2D eigenvalue weighted by Gasteiger charge is 2.21. The SMILES string of the molecule is COc1ccc2cc(C(=O)c3cccc4ccccc34)ccc2c1-c1c(OC)ccc2cc(C(=O)c3cccc4ccccc34)ccc12. The summed E-state index contributed by atoms with van der Waals surface area (Å²) in [6.07, 6.45) is 0. The number of carbonyl (C=O) groups is 2. The van der Waals surface area contributed by atoms with Crippen LogP contribution in [0.2, 0.25) is 0 Å². The Morgan fingerprint density at radius 3 is 1.25 bits per heavy atom. The average molecular weight is 623 g/mol. The Morgan fingerprint density at radius 1 is 0.396 bits per heavy atom. The second kappa shape index (κ2) is 11.8. The molecule has 0 aliphatic rings. The molecule has 0 N–H and O–H groups in total.